The number of aromatic carboxylic acids is 1. The van der Waals surface area contributed by atoms with Crippen LogP contribution in [0.15, 0.2) is 17.1 Å². The smallest absolute Gasteiger partial charge is 0.341 e. The number of halogens is 2. The number of hydrogen-bond donors (Lipinski definition) is 2. The molecule has 5 nitrogen and oxygen atoms in total. The lowest BCUT2D eigenvalue weighted by atomic mass is 10.1. The maximum Gasteiger partial charge on any atom is 0.341 e. The summed E-state index contributed by atoms with van der Waals surface area (Å²) < 4.78 is 15.3. The number of nitrogens with two attached hydrogens (primary N) is 1. The summed E-state index contributed by atoms with van der Waals surface area (Å²) in [5, 5.41) is 8.96. The molecule has 1 aromatic heterocycles. The van der Waals surface area contributed by atoms with Crippen LogP contribution in [0.1, 0.15) is 29.2 Å². The second kappa shape index (κ2) is 4.21. The van der Waals surface area contributed by atoms with E-state index in [4.69, 9.17) is 22.4 Å². The predicted molar refractivity (Wildman–Crippen MR) is 72.8 cm³/mol. The zero-order valence-corrected chi connectivity index (χ0v) is 10.9. The predicted octanol–water partition coefficient (Wildman–Crippen LogP) is 2.41. The third-order valence-corrected chi connectivity index (χ3v) is 3.80. The van der Waals surface area contributed by atoms with E-state index in [0.717, 1.165) is 18.9 Å². The Morgan fingerprint density at radius 3 is 2.70 bits per heavy atom. The average molecular weight is 297 g/mol. The number of carbonyl (C=O) groups is 1. The summed E-state index contributed by atoms with van der Waals surface area (Å²) in [4.78, 5) is 23.3. The SMILES string of the molecule is Nc1c(F)cc2c(=O)c(C(=O)O)cn(C3CC3)c2c1Cl. The van der Waals surface area contributed by atoms with E-state index in [1.54, 1.807) is 4.57 Å². The molecule has 104 valence electrons. The number of nitrogen functional groups attached to an aromatic ring is 1. The van der Waals surface area contributed by atoms with Crippen LogP contribution in [0, 0.1) is 5.82 Å². The summed E-state index contributed by atoms with van der Waals surface area (Å²) >= 11 is 6.04. The van der Waals surface area contributed by atoms with E-state index < -0.39 is 22.8 Å². The van der Waals surface area contributed by atoms with Crippen molar-refractivity contribution in [2.75, 3.05) is 5.73 Å². The molecular weight excluding hydrogens is 287 g/mol. The van der Waals surface area contributed by atoms with Gasteiger partial charge < -0.3 is 15.4 Å². The van der Waals surface area contributed by atoms with Crippen LogP contribution in [-0.4, -0.2) is 15.6 Å². The van der Waals surface area contributed by atoms with Crippen molar-refractivity contribution in [2.24, 2.45) is 0 Å². The highest BCUT2D eigenvalue weighted by Gasteiger charge is 2.28. The van der Waals surface area contributed by atoms with Gasteiger partial charge in [-0.3, -0.25) is 4.79 Å². The Morgan fingerprint density at radius 2 is 2.15 bits per heavy atom. The van der Waals surface area contributed by atoms with Gasteiger partial charge in [0.25, 0.3) is 0 Å². The normalized spacial score (nSPS) is 14.7. The van der Waals surface area contributed by atoms with Crippen LogP contribution in [0.2, 0.25) is 5.02 Å². The molecule has 1 aliphatic carbocycles. The van der Waals surface area contributed by atoms with Crippen molar-refractivity contribution < 1.29 is 14.3 Å². The lowest BCUT2D eigenvalue weighted by Gasteiger charge is -2.14. The van der Waals surface area contributed by atoms with Crippen molar-refractivity contribution >= 4 is 34.2 Å². The van der Waals surface area contributed by atoms with Gasteiger partial charge in [-0.15, -0.1) is 0 Å². The van der Waals surface area contributed by atoms with Gasteiger partial charge in [0.1, 0.15) is 11.4 Å². The molecule has 1 saturated carbocycles. The minimum absolute atomic E-state index is 0.0547. The van der Waals surface area contributed by atoms with Gasteiger partial charge >= 0.3 is 5.97 Å². The number of nitrogens with zero attached hydrogens (tertiary/aromatic N) is 1. The van der Waals surface area contributed by atoms with E-state index in [9.17, 15) is 14.0 Å². The van der Waals surface area contributed by atoms with Crippen molar-refractivity contribution in [2.45, 2.75) is 18.9 Å². The molecule has 2 aromatic rings. The van der Waals surface area contributed by atoms with Crippen LogP contribution in [-0.2, 0) is 0 Å². The third kappa shape index (κ3) is 1.76. The van der Waals surface area contributed by atoms with E-state index >= 15 is 0 Å². The second-order valence-electron chi connectivity index (χ2n) is 4.80. The lowest BCUT2D eigenvalue weighted by Crippen LogP contribution is -2.19. The van der Waals surface area contributed by atoms with E-state index in [1.807, 2.05) is 0 Å². The van der Waals surface area contributed by atoms with Crippen LogP contribution in [0.4, 0.5) is 10.1 Å². The summed E-state index contributed by atoms with van der Waals surface area (Å²) in [6.45, 7) is 0. The first-order valence-corrected chi connectivity index (χ1v) is 6.35. The van der Waals surface area contributed by atoms with Crippen LogP contribution in [0.25, 0.3) is 10.9 Å². The van der Waals surface area contributed by atoms with Crippen molar-refractivity contribution in [1.29, 1.82) is 0 Å². The van der Waals surface area contributed by atoms with Crippen molar-refractivity contribution in [1.82, 2.24) is 4.57 Å². The molecular formula is C13H10ClFN2O3. The summed E-state index contributed by atoms with van der Waals surface area (Å²) in [7, 11) is 0. The third-order valence-electron chi connectivity index (χ3n) is 3.41. The first-order chi connectivity index (χ1) is 9.41. The number of fused-ring (bicyclic) bond motifs is 1. The van der Waals surface area contributed by atoms with Crippen LogP contribution >= 0.6 is 11.6 Å². The van der Waals surface area contributed by atoms with Crippen molar-refractivity contribution in [3.63, 3.8) is 0 Å². The number of aromatic nitrogens is 1. The first kappa shape index (κ1) is 12.9. The molecule has 0 spiro atoms. The fourth-order valence-electron chi connectivity index (χ4n) is 2.25. The highest BCUT2D eigenvalue weighted by molar-refractivity contribution is 6.37. The number of carboxylic acids is 1. The highest BCUT2D eigenvalue weighted by atomic mass is 35.5. The fourth-order valence-corrected chi connectivity index (χ4v) is 2.54. The van der Waals surface area contributed by atoms with E-state index in [1.165, 1.54) is 6.20 Å². The number of pyridine rings is 1. The number of hydrogen-bond acceptors (Lipinski definition) is 3. The Hall–Kier alpha value is -2.08. The molecule has 0 unspecified atom stereocenters. The number of anilines is 1. The summed E-state index contributed by atoms with van der Waals surface area (Å²) in [6, 6.07) is 1.02. The van der Waals surface area contributed by atoms with Crippen LogP contribution < -0.4 is 11.2 Å². The molecule has 0 bridgehead atoms. The van der Waals surface area contributed by atoms with E-state index in [2.05, 4.69) is 0 Å². The Morgan fingerprint density at radius 1 is 1.50 bits per heavy atom. The Labute approximate surface area is 117 Å². The van der Waals surface area contributed by atoms with Gasteiger partial charge in [0.05, 0.1) is 21.6 Å². The van der Waals surface area contributed by atoms with Gasteiger partial charge in [0, 0.05) is 12.2 Å². The minimum Gasteiger partial charge on any atom is -0.477 e. The first-order valence-electron chi connectivity index (χ1n) is 5.97. The maximum atomic E-state index is 13.7. The molecule has 0 saturated heterocycles. The Kier molecular flexibility index (Phi) is 2.72. The summed E-state index contributed by atoms with van der Waals surface area (Å²) in [6.07, 6.45) is 2.96. The lowest BCUT2D eigenvalue weighted by molar-refractivity contribution is 0.0695. The molecule has 3 N–H and O–H groups in total. The molecule has 0 amide bonds. The van der Waals surface area contributed by atoms with Gasteiger partial charge in [-0.1, -0.05) is 11.6 Å². The molecule has 20 heavy (non-hydrogen) atoms. The van der Waals surface area contributed by atoms with Crippen molar-refractivity contribution in [3.8, 4) is 0 Å². The van der Waals surface area contributed by atoms with Crippen molar-refractivity contribution in [3.05, 3.63) is 38.9 Å². The second-order valence-corrected chi connectivity index (χ2v) is 5.18. The largest absolute Gasteiger partial charge is 0.477 e. The molecule has 0 radical (unpaired) electrons. The zero-order chi connectivity index (χ0) is 14.6. The molecule has 1 aliphatic rings. The molecule has 1 aromatic carbocycles. The van der Waals surface area contributed by atoms with Gasteiger partial charge in [-0.05, 0) is 18.9 Å². The number of benzene rings is 1. The molecule has 7 heteroatoms. The molecule has 1 fully saturated rings. The topological polar surface area (TPSA) is 85.3 Å². The Balaban J connectivity index is 2.52. The highest BCUT2D eigenvalue weighted by Crippen LogP contribution is 2.40. The van der Waals surface area contributed by atoms with Crippen LogP contribution in [0.5, 0.6) is 0 Å². The van der Waals surface area contributed by atoms with Gasteiger partial charge in [0.15, 0.2) is 0 Å². The maximum absolute atomic E-state index is 13.7. The summed E-state index contributed by atoms with van der Waals surface area (Å²) in [5.41, 5.74) is 4.44. The van der Waals surface area contributed by atoms with Gasteiger partial charge in [-0.25, -0.2) is 9.18 Å². The van der Waals surface area contributed by atoms with Gasteiger partial charge in [-0.2, -0.15) is 0 Å². The van der Waals surface area contributed by atoms with Crippen LogP contribution in [0.3, 0.4) is 0 Å². The molecule has 0 atom stereocenters. The Bertz CT molecular complexity index is 812. The molecule has 3 rings (SSSR count). The molecule has 1 heterocycles. The fraction of sp³-hybridized carbons (Fsp3) is 0.231. The quantitative estimate of drug-likeness (QED) is 0.833. The van der Waals surface area contributed by atoms with Gasteiger partial charge in [0.2, 0.25) is 5.43 Å². The number of carboxylic acid groups (broad SMARTS) is 1. The number of rotatable bonds is 2. The average Bonchev–Trinajstić information content (AvgIpc) is 3.21. The van der Waals surface area contributed by atoms with E-state index in [-0.39, 0.29) is 22.1 Å². The zero-order valence-electron chi connectivity index (χ0n) is 10.2. The standard InChI is InChI=1S/C13H10ClFN2O3/c14-9-10(16)8(15)3-6-11(9)17(5-1-2-5)4-7(12(6)18)13(19)20/h3-5H,1-2,16H2,(H,19,20). The van der Waals surface area contributed by atoms with E-state index in [0.29, 0.717) is 5.52 Å². The minimum atomic E-state index is -1.35. The monoisotopic (exact) mass is 296 g/mol. The molecule has 0 aliphatic heterocycles. The summed E-state index contributed by atoms with van der Waals surface area (Å²) in [5.74, 6) is -2.18.